The lowest BCUT2D eigenvalue weighted by Crippen LogP contribution is -2.48. The van der Waals surface area contributed by atoms with Crippen LogP contribution in [0.2, 0.25) is 0 Å². The van der Waals surface area contributed by atoms with E-state index in [0.29, 0.717) is 12.1 Å². The van der Waals surface area contributed by atoms with Gasteiger partial charge in [0.05, 0.1) is 6.10 Å². The number of amides is 1. The summed E-state index contributed by atoms with van der Waals surface area (Å²) in [6.07, 6.45) is -0.344. The summed E-state index contributed by atoms with van der Waals surface area (Å²) in [4.78, 5) is 20.3. The quantitative estimate of drug-likeness (QED) is 0.774. The molecule has 6 nitrogen and oxygen atoms in total. The average molecular weight is 348 g/mol. The molecule has 0 aromatic heterocycles. The summed E-state index contributed by atoms with van der Waals surface area (Å²) in [6, 6.07) is 7.71. The largest absolute Gasteiger partial charge is 0.390 e. The molecule has 1 N–H and O–H groups in total. The van der Waals surface area contributed by atoms with E-state index in [1.807, 2.05) is 31.3 Å². The van der Waals surface area contributed by atoms with Crippen LogP contribution in [0.1, 0.15) is 15.9 Å². The zero-order chi connectivity index (χ0) is 18.4. The van der Waals surface area contributed by atoms with Crippen LogP contribution >= 0.6 is 0 Å². The number of rotatable bonds is 7. The first-order valence-electron chi connectivity index (χ1n) is 8.93. The van der Waals surface area contributed by atoms with Crippen LogP contribution < -0.4 is 0 Å². The fraction of sp³-hybridized carbons (Fsp3) is 0.632. The molecule has 1 aromatic carbocycles. The van der Waals surface area contributed by atoms with Gasteiger partial charge in [-0.3, -0.25) is 14.6 Å². The van der Waals surface area contributed by atoms with Gasteiger partial charge in [-0.25, -0.2) is 0 Å². The van der Waals surface area contributed by atoms with Crippen molar-refractivity contribution in [2.24, 2.45) is 0 Å². The maximum absolute atomic E-state index is 11.9. The van der Waals surface area contributed by atoms with E-state index in [1.165, 1.54) is 0 Å². The summed E-state index contributed by atoms with van der Waals surface area (Å²) in [6.45, 7) is 6.33. The molecule has 0 bridgehead atoms. The van der Waals surface area contributed by atoms with Gasteiger partial charge in [0, 0.05) is 65.5 Å². The third-order valence-electron chi connectivity index (χ3n) is 4.65. The number of aliphatic hydroxyl groups is 1. The van der Waals surface area contributed by atoms with E-state index in [0.717, 1.165) is 44.8 Å². The first-order chi connectivity index (χ1) is 11.8. The zero-order valence-electron chi connectivity index (χ0n) is 16.0. The first-order valence-corrected chi connectivity index (χ1v) is 8.93. The topological polar surface area (TPSA) is 50.3 Å². The summed E-state index contributed by atoms with van der Waals surface area (Å²) < 4.78 is 0. The van der Waals surface area contributed by atoms with Crippen molar-refractivity contribution in [1.29, 1.82) is 0 Å². The van der Waals surface area contributed by atoms with Crippen LogP contribution in [0.15, 0.2) is 24.3 Å². The molecule has 25 heavy (non-hydrogen) atoms. The van der Waals surface area contributed by atoms with Gasteiger partial charge in [-0.1, -0.05) is 12.1 Å². The molecular formula is C19H32N4O2. The van der Waals surface area contributed by atoms with Gasteiger partial charge >= 0.3 is 0 Å². The number of likely N-dealkylation sites (N-methyl/N-ethyl adjacent to an activating group) is 2. The number of aliphatic hydroxyl groups excluding tert-OH is 1. The van der Waals surface area contributed by atoms with Crippen molar-refractivity contribution >= 4 is 5.91 Å². The van der Waals surface area contributed by atoms with Crippen LogP contribution in [0.5, 0.6) is 0 Å². The van der Waals surface area contributed by atoms with Gasteiger partial charge in [0.2, 0.25) is 0 Å². The number of carbonyl (C=O) groups is 1. The zero-order valence-corrected chi connectivity index (χ0v) is 16.0. The fourth-order valence-electron chi connectivity index (χ4n) is 3.13. The Morgan fingerprint density at radius 3 is 2.28 bits per heavy atom. The van der Waals surface area contributed by atoms with Gasteiger partial charge in [0.15, 0.2) is 0 Å². The standard InChI is InChI=1S/C19H32N4O2/c1-20(2)19(25)17-7-5-16(6-8-17)13-22(4)14-18(24)15-23-11-9-21(3)10-12-23/h5-8,18,24H,9-15H2,1-4H3. The Balaban J connectivity index is 1.77. The molecule has 0 saturated carbocycles. The van der Waals surface area contributed by atoms with Gasteiger partial charge < -0.3 is 14.9 Å². The predicted molar refractivity (Wildman–Crippen MR) is 101 cm³/mol. The molecule has 1 aromatic rings. The fourth-order valence-corrected chi connectivity index (χ4v) is 3.13. The molecule has 1 heterocycles. The predicted octanol–water partition coefficient (Wildman–Crippen LogP) is 0.429. The molecule has 0 radical (unpaired) electrons. The van der Waals surface area contributed by atoms with Crippen molar-refractivity contribution in [2.45, 2.75) is 12.6 Å². The number of piperazine rings is 1. The van der Waals surface area contributed by atoms with Crippen LogP contribution in [-0.2, 0) is 6.54 Å². The average Bonchev–Trinajstić information content (AvgIpc) is 2.56. The highest BCUT2D eigenvalue weighted by Crippen LogP contribution is 2.09. The van der Waals surface area contributed by atoms with E-state index in [9.17, 15) is 9.90 Å². The molecule has 1 saturated heterocycles. The van der Waals surface area contributed by atoms with Crippen molar-refractivity contribution in [3.05, 3.63) is 35.4 Å². The molecule has 1 unspecified atom stereocenters. The highest BCUT2D eigenvalue weighted by Gasteiger charge is 2.18. The lowest BCUT2D eigenvalue weighted by molar-refractivity contribution is 0.0594. The summed E-state index contributed by atoms with van der Waals surface area (Å²) in [7, 11) is 7.67. The highest BCUT2D eigenvalue weighted by atomic mass is 16.3. The molecule has 1 aliphatic rings. The minimum atomic E-state index is -0.344. The Labute approximate surface area is 151 Å². The van der Waals surface area contributed by atoms with Crippen LogP contribution in [0, 0.1) is 0 Å². The molecule has 6 heteroatoms. The van der Waals surface area contributed by atoms with Crippen LogP contribution in [0.25, 0.3) is 0 Å². The van der Waals surface area contributed by atoms with E-state index in [2.05, 4.69) is 21.7 Å². The van der Waals surface area contributed by atoms with E-state index >= 15 is 0 Å². The molecule has 1 fully saturated rings. The van der Waals surface area contributed by atoms with Crippen molar-refractivity contribution in [3.8, 4) is 0 Å². The lowest BCUT2D eigenvalue weighted by Gasteiger charge is -2.34. The van der Waals surface area contributed by atoms with Gasteiger partial charge in [-0.2, -0.15) is 0 Å². The number of hydrogen-bond acceptors (Lipinski definition) is 5. The molecule has 0 spiro atoms. The van der Waals surface area contributed by atoms with Crippen LogP contribution in [0.3, 0.4) is 0 Å². The number of hydrogen-bond donors (Lipinski definition) is 1. The first kappa shape index (κ1) is 19.8. The van der Waals surface area contributed by atoms with Crippen LogP contribution in [0.4, 0.5) is 0 Å². The Bertz CT molecular complexity index is 539. The Morgan fingerprint density at radius 1 is 1.12 bits per heavy atom. The van der Waals surface area contributed by atoms with E-state index < -0.39 is 0 Å². The molecule has 140 valence electrons. The smallest absolute Gasteiger partial charge is 0.253 e. The van der Waals surface area contributed by atoms with Gasteiger partial charge in [-0.05, 0) is 31.8 Å². The minimum absolute atomic E-state index is 0.0162. The molecule has 1 atom stereocenters. The third kappa shape index (κ3) is 6.40. The maximum Gasteiger partial charge on any atom is 0.253 e. The van der Waals surface area contributed by atoms with E-state index in [-0.39, 0.29) is 12.0 Å². The van der Waals surface area contributed by atoms with Gasteiger partial charge in [0.25, 0.3) is 5.91 Å². The summed E-state index contributed by atoms with van der Waals surface area (Å²) in [5.41, 5.74) is 1.84. The molecule has 1 aliphatic heterocycles. The van der Waals surface area contributed by atoms with E-state index in [4.69, 9.17) is 0 Å². The summed E-state index contributed by atoms with van der Waals surface area (Å²) in [5.74, 6) is 0.0162. The number of carbonyl (C=O) groups excluding carboxylic acids is 1. The minimum Gasteiger partial charge on any atom is -0.390 e. The number of benzene rings is 1. The number of β-amino-alcohol motifs (C(OH)–C–C–N with tert-alkyl or cyclic N) is 1. The molecule has 2 rings (SSSR count). The Hall–Kier alpha value is -1.47. The van der Waals surface area contributed by atoms with Gasteiger partial charge in [-0.15, -0.1) is 0 Å². The molecular weight excluding hydrogens is 316 g/mol. The summed E-state index contributed by atoms with van der Waals surface area (Å²) >= 11 is 0. The molecule has 1 amide bonds. The van der Waals surface area contributed by atoms with Gasteiger partial charge in [0.1, 0.15) is 0 Å². The summed E-state index contributed by atoms with van der Waals surface area (Å²) in [5, 5.41) is 10.3. The number of nitrogens with zero attached hydrogens (tertiary/aromatic N) is 4. The second kappa shape index (κ2) is 9.29. The Kier molecular flexibility index (Phi) is 7.38. The SMILES string of the molecule is CN1CCN(CC(O)CN(C)Cc2ccc(C(=O)N(C)C)cc2)CC1. The monoisotopic (exact) mass is 348 g/mol. The van der Waals surface area contributed by atoms with Crippen molar-refractivity contribution in [1.82, 2.24) is 19.6 Å². The van der Waals surface area contributed by atoms with E-state index in [1.54, 1.807) is 19.0 Å². The lowest BCUT2D eigenvalue weighted by atomic mass is 10.1. The second-order valence-electron chi connectivity index (χ2n) is 7.35. The van der Waals surface area contributed by atoms with Crippen LogP contribution in [-0.4, -0.2) is 104 Å². The second-order valence-corrected chi connectivity index (χ2v) is 7.35. The van der Waals surface area contributed by atoms with Crippen molar-refractivity contribution in [3.63, 3.8) is 0 Å². The highest BCUT2D eigenvalue weighted by molar-refractivity contribution is 5.93. The Morgan fingerprint density at radius 2 is 1.72 bits per heavy atom. The molecule has 0 aliphatic carbocycles. The normalized spacial score (nSPS) is 17.7. The third-order valence-corrected chi connectivity index (χ3v) is 4.65. The maximum atomic E-state index is 11.9. The van der Waals surface area contributed by atoms with Crippen molar-refractivity contribution < 1.29 is 9.90 Å². The van der Waals surface area contributed by atoms with Crippen molar-refractivity contribution in [2.75, 3.05) is 67.5 Å².